The van der Waals surface area contributed by atoms with Crippen molar-refractivity contribution in [3.05, 3.63) is 65.7 Å². The lowest BCUT2D eigenvalue weighted by molar-refractivity contribution is -0.119. The third-order valence-electron chi connectivity index (χ3n) is 3.31. The molecule has 3 nitrogen and oxygen atoms in total. The first-order valence-electron chi connectivity index (χ1n) is 7.14. The summed E-state index contributed by atoms with van der Waals surface area (Å²) in [7, 11) is 0. The molecule has 2 rings (SSSR count). The Morgan fingerprint density at radius 3 is 2.27 bits per heavy atom. The molecular formula is C18H19NO2S. The minimum atomic E-state index is -0.00520. The van der Waals surface area contributed by atoms with Crippen LogP contribution in [0.25, 0.3) is 0 Å². The van der Waals surface area contributed by atoms with Crippen LogP contribution in [-0.4, -0.2) is 17.4 Å². The monoisotopic (exact) mass is 313 g/mol. The second-order valence-electron chi connectivity index (χ2n) is 5.07. The first-order valence-corrected chi connectivity index (χ1v) is 8.13. The third-order valence-corrected chi connectivity index (χ3v) is 4.32. The molecule has 0 aliphatic heterocycles. The van der Waals surface area contributed by atoms with E-state index in [0.29, 0.717) is 11.3 Å². The summed E-state index contributed by atoms with van der Waals surface area (Å²) < 4.78 is 0. The van der Waals surface area contributed by atoms with Crippen molar-refractivity contribution in [3.8, 4) is 0 Å². The first-order chi connectivity index (χ1) is 10.6. The van der Waals surface area contributed by atoms with Gasteiger partial charge in [-0.05, 0) is 31.5 Å². The molecule has 4 heteroatoms. The molecule has 0 heterocycles. The summed E-state index contributed by atoms with van der Waals surface area (Å²) >= 11 is 1.46. The number of ketones is 1. The standard InChI is InChI=1S/C18H19NO2S/c1-13(15-6-4-3-5-7-15)19-18(21)12-22-17-10-8-16(9-11-17)14(2)20/h3-11,13H,12H2,1-2H3,(H,19,21). The molecule has 1 atom stereocenters. The van der Waals surface area contributed by atoms with E-state index in [9.17, 15) is 9.59 Å². The maximum Gasteiger partial charge on any atom is 0.230 e. The van der Waals surface area contributed by atoms with Gasteiger partial charge in [0.1, 0.15) is 0 Å². The van der Waals surface area contributed by atoms with Gasteiger partial charge in [-0.1, -0.05) is 42.5 Å². The largest absolute Gasteiger partial charge is 0.349 e. The number of rotatable bonds is 6. The van der Waals surface area contributed by atoms with Crippen molar-refractivity contribution >= 4 is 23.5 Å². The van der Waals surface area contributed by atoms with Gasteiger partial charge in [0, 0.05) is 10.5 Å². The van der Waals surface area contributed by atoms with Crippen LogP contribution in [0.3, 0.4) is 0 Å². The Bertz CT molecular complexity index is 638. The molecule has 1 amide bonds. The molecule has 0 saturated heterocycles. The second-order valence-corrected chi connectivity index (χ2v) is 6.12. The SMILES string of the molecule is CC(=O)c1ccc(SCC(=O)NC(C)c2ccccc2)cc1. The van der Waals surface area contributed by atoms with E-state index in [0.717, 1.165) is 10.5 Å². The molecule has 0 fully saturated rings. The summed E-state index contributed by atoms with van der Waals surface area (Å²) in [4.78, 5) is 24.2. The van der Waals surface area contributed by atoms with Crippen LogP contribution in [-0.2, 0) is 4.79 Å². The van der Waals surface area contributed by atoms with Gasteiger partial charge in [0.05, 0.1) is 11.8 Å². The Kier molecular flexibility index (Phi) is 5.78. The quantitative estimate of drug-likeness (QED) is 0.650. The van der Waals surface area contributed by atoms with Gasteiger partial charge in [-0.3, -0.25) is 9.59 Å². The number of carbonyl (C=O) groups is 2. The minimum absolute atomic E-state index is 0.00278. The van der Waals surface area contributed by atoms with Crippen LogP contribution < -0.4 is 5.32 Å². The Hall–Kier alpha value is -2.07. The zero-order valence-electron chi connectivity index (χ0n) is 12.7. The summed E-state index contributed by atoms with van der Waals surface area (Å²) in [6.45, 7) is 3.51. The maximum atomic E-state index is 12.0. The summed E-state index contributed by atoms with van der Waals surface area (Å²) in [5.74, 6) is 0.402. The molecule has 22 heavy (non-hydrogen) atoms. The third kappa shape index (κ3) is 4.74. The topological polar surface area (TPSA) is 46.2 Å². The van der Waals surface area contributed by atoms with Crippen LogP contribution in [0.15, 0.2) is 59.5 Å². The van der Waals surface area contributed by atoms with Gasteiger partial charge in [0.2, 0.25) is 5.91 Å². The molecule has 1 N–H and O–H groups in total. The number of hydrogen-bond donors (Lipinski definition) is 1. The van der Waals surface area contributed by atoms with E-state index in [-0.39, 0.29) is 17.7 Å². The van der Waals surface area contributed by atoms with Crippen molar-refractivity contribution in [2.24, 2.45) is 0 Å². The number of thioether (sulfide) groups is 1. The van der Waals surface area contributed by atoms with Crippen molar-refractivity contribution in [2.45, 2.75) is 24.8 Å². The van der Waals surface area contributed by atoms with Crippen LogP contribution in [0.2, 0.25) is 0 Å². The first kappa shape index (κ1) is 16.3. The zero-order chi connectivity index (χ0) is 15.9. The van der Waals surface area contributed by atoms with E-state index in [2.05, 4.69) is 5.32 Å². The van der Waals surface area contributed by atoms with E-state index < -0.39 is 0 Å². The second kappa shape index (κ2) is 7.80. The molecular weight excluding hydrogens is 294 g/mol. The molecule has 2 aromatic rings. The van der Waals surface area contributed by atoms with Crippen LogP contribution >= 0.6 is 11.8 Å². The fourth-order valence-electron chi connectivity index (χ4n) is 2.04. The summed E-state index contributed by atoms with van der Waals surface area (Å²) in [5, 5.41) is 2.98. The number of nitrogens with one attached hydrogen (secondary N) is 1. The number of Topliss-reactive ketones (excluding diaryl/α,β-unsaturated/α-hetero) is 1. The van der Waals surface area contributed by atoms with Crippen LogP contribution in [0.4, 0.5) is 0 Å². The Labute approximate surface area is 135 Å². The smallest absolute Gasteiger partial charge is 0.230 e. The molecule has 0 spiro atoms. The highest BCUT2D eigenvalue weighted by molar-refractivity contribution is 8.00. The predicted octanol–water partition coefficient (Wildman–Crippen LogP) is 3.86. The highest BCUT2D eigenvalue weighted by atomic mass is 32.2. The molecule has 0 aliphatic rings. The van der Waals surface area contributed by atoms with E-state index in [4.69, 9.17) is 0 Å². The number of amides is 1. The lowest BCUT2D eigenvalue weighted by atomic mass is 10.1. The molecule has 114 valence electrons. The highest BCUT2D eigenvalue weighted by Gasteiger charge is 2.09. The highest BCUT2D eigenvalue weighted by Crippen LogP contribution is 2.19. The number of hydrogen-bond acceptors (Lipinski definition) is 3. The Morgan fingerprint density at radius 2 is 1.68 bits per heavy atom. The number of benzene rings is 2. The maximum absolute atomic E-state index is 12.0. The van der Waals surface area contributed by atoms with Crippen molar-refractivity contribution in [3.63, 3.8) is 0 Å². The molecule has 0 radical (unpaired) electrons. The average Bonchev–Trinajstić information content (AvgIpc) is 2.54. The van der Waals surface area contributed by atoms with Crippen molar-refractivity contribution in [1.29, 1.82) is 0 Å². The Morgan fingerprint density at radius 1 is 1.05 bits per heavy atom. The fourth-order valence-corrected chi connectivity index (χ4v) is 2.75. The van der Waals surface area contributed by atoms with Gasteiger partial charge in [-0.2, -0.15) is 0 Å². The molecule has 0 saturated carbocycles. The Balaban J connectivity index is 1.83. The molecule has 0 aliphatic carbocycles. The van der Waals surface area contributed by atoms with Gasteiger partial charge in [0.15, 0.2) is 5.78 Å². The summed E-state index contributed by atoms with van der Waals surface area (Å²) in [6, 6.07) is 17.2. The van der Waals surface area contributed by atoms with Gasteiger partial charge < -0.3 is 5.32 Å². The molecule has 0 bridgehead atoms. The lowest BCUT2D eigenvalue weighted by Gasteiger charge is -2.14. The fraction of sp³-hybridized carbons (Fsp3) is 0.222. The van der Waals surface area contributed by atoms with Gasteiger partial charge in [-0.25, -0.2) is 0 Å². The van der Waals surface area contributed by atoms with Crippen LogP contribution in [0, 0.1) is 0 Å². The van der Waals surface area contributed by atoms with Gasteiger partial charge in [0.25, 0.3) is 0 Å². The normalized spacial score (nSPS) is 11.7. The summed E-state index contributed by atoms with van der Waals surface area (Å²) in [5.41, 5.74) is 1.78. The van der Waals surface area contributed by atoms with Crippen molar-refractivity contribution < 1.29 is 9.59 Å². The van der Waals surface area contributed by atoms with E-state index in [1.807, 2.05) is 49.4 Å². The minimum Gasteiger partial charge on any atom is -0.349 e. The predicted molar refractivity (Wildman–Crippen MR) is 90.2 cm³/mol. The van der Waals surface area contributed by atoms with E-state index in [1.165, 1.54) is 11.8 Å². The van der Waals surface area contributed by atoms with Crippen molar-refractivity contribution in [1.82, 2.24) is 5.32 Å². The number of carbonyl (C=O) groups excluding carboxylic acids is 2. The lowest BCUT2D eigenvalue weighted by Crippen LogP contribution is -2.28. The van der Waals surface area contributed by atoms with Crippen LogP contribution in [0.1, 0.15) is 35.8 Å². The van der Waals surface area contributed by atoms with E-state index in [1.54, 1.807) is 19.1 Å². The molecule has 2 aromatic carbocycles. The molecule has 0 aromatic heterocycles. The van der Waals surface area contributed by atoms with Gasteiger partial charge in [-0.15, -0.1) is 11.8 Å². The zero-order valence-corrected chi connectivity index (χ0v) is 13.5. The van der Waals surface area contributed by atoms with Crippen LogP contribution in [0.5, 0.6) is 0 Å². The van der Waals surface area contributed by atoms with E-state index >= 15 is 0 Å². The summed E-state index contributed by atoms with van der Waals surface area (Å²) in [6.07, 6.45) is 0. The average molecular weight is 313 g/mol. The van der Waals surface area contributed by atoms with Crippen molar-refractivity contribution in [2.75, 3.05) is 5.75 Å². The van der Waals surface area contributed by atoms with Gasteiger partial charge >= 0.3 is 0 Å². The molecule has 1 unspecified atom stereocenters.